The topological polar surface area (TPSA) is 32.3 Å². The van der Waals surface area contributed by atoms with Gasteiger partial charge in [0.25, 0.3) is 5.91 Å². The summed E-state index contributed by atoms with van der Waals surface area (Å²) in [6.07, 6.45) is 0.970. The summed E-state index contributed by atoms with van der Waals surface area (Å²) in [6, 6.07) is 47.0. The van der Waals surface area contributed by atoms with E-state index in [1.807, 2.05) is 40.9 Å². The Morgan fingerprint density at radius 1 is 0.725 bits per heavy atom. The minimum Gasteiger partial charge on any atom is -0.336 e. The Kier molecular flexibility index (Phi) is 7.99. The van der Waals surface area contributed by atoms with Gasteiger partial charge < -0.3 is 10.2 Å². The number of benzene rings is 5. The highest BCUT2D eigenvalue weighted by atomic mass is 32.2. The molecule has 1 aliphatic heterocycles. The third-order valence-corrected chi connectivity index (χ3v) is 9.47. The fraction of sp³-hybridized carbons (Fsp3) is 0.194. The number of nitrogens with zero attached hydrogens (tertiary/aromatic N) is 1. The molecular formula is C36H34N2OS. The summed E-state index contributed by atoms with van der Waals surface area (Å²) in [5, 5.41) is 5.82. The van der Waals surface area contributed by atoms with Crippen molar-refractivity contribution in [3.63, 3.8) is 0 Å². The molecule has 200 valence electrons. The number of amides is 1. The van der Waals surface area contributed by atoms with Gasteiger partial charge in [0.2, 0.25) is 0 Å². The molecule has 0 unspecified atom stereocenters. The normalized spacial score (nSPS) is 15.7. The highest BCUT2D eigenvalue weighted by Gasteiger charge is 2.37. The SMILES string of the molecule is O=C(c1cccc2ccccc12)N1CCN[C@@H](CCSC(c2ccccc2)(c2ccccc2)c2ccccc2)C1. The second kappa shape index (κ2) is 12.1. The third kappa shape index (κ3) is 5.30. The third-order valence-electron chi connectivity index (χ3n) is 7.89. The molecule has 0 spiro atoms. The molecule has 1 saturated heterocycles. The van der Waals surface area contributed by atoms with E-state index in [0.717, 1.165) is 48.1 Å². The van der Waals surface area contributed by atoms with Gasteiger partial charge in [0.1, 0.15) is 0 Å². The predicted molar refractivity (Wildman–Crippen MR) is 168 cm³/mol. The van der Waals surface area contributed by atoms with Gasteiger partial charge in [-0.2, -0.15) is 0 Å². The molecule has 1 heterocycles. The molecule has 0 bridgehead atoms. The molecule has 40 heavy (non-hydrogen) atoms. The number of hydrogen-bond donors (Lipinski definition) is 1. The van der Waals surface area contributed by atoms with Crippen LogP contribution in [0.15, 0.2) is 133 Å². The molecule has 1 fully saturated rings. The Morgan fingerprint density at radius 3 is 1.90 bits per heavy atom. The van der Waals surface area contributed by atoms with Crippen molar-refractivity contribution in [2.75, 3.05) is 25.4 Å². The number of rotatable bonds is 8. The lowest BCUT2D eigenvalue weighted by molar-refractivity contribution is 0.0704. The van der Waals surface area contributed by atoms with Crippen LogP contribution in [0.25, 0.3) is 10.8 Å². The number of carbonyl (C=O) groups excluding carboxylic acids is 1. The molecule has 0 saturated carbocycles. The molecule has 0 aromatic heterocycles. The van der Waals surface area contributed by atoms with Crippen molar-refractivity contribution in [2.45, 2.75) is 17.2 Å². The van der Waals surface area contributed by atoms with Crippen LogP contribution in [0.4, 0.5) is 0 Å². The quantitative estimate of drug-likeness (QED) is 0.208. The van der Waals surface area contributed by atoms with E-state index in [4.69, 9.17) is 0 Å². The van der Waals surface area contributed by atoms with Gasteiger partial charge in [-0.3, -0.25) is 4.79 Å². The maximum Gasteiger partial charge on any atom is 0.254 e. The lowest BCUT2D eigenvalue weighted by Gasteiger charge is -2.37. The molecule has 1 amide bonds. The van der Waals surface area contributed by atoms with Crippen LogP contribution in [0.2, 0.25) is 0 Å². The van der Waals surface area contributed by atoms with Crippen molar-refractivity contribution >= 4 is 28.4 Å². The average Bonchev–Trinajstić information content (AvgIpc) is 3.04. The van der Waals surface area contributed by atoms with Gasteiger partial charge in [0, 0.05) is 31.2 Å². The van der Waals surface area contributed by atoms with Crippen LogP contribution < -0.4 is 5.32 Å². The molecule has 1 N–H and O–H groups in total. The summed E-state index contributed by atoms with van der Waals surface area (Å²) in [6.45, 7) is 2.26. The van der Waals surface area contributed by atoms with Crippen LogP contribution in [-0.2, 0) is 4.75 Å². The van der Waals surface area contributed by atoms with Gasteiger partial charge in [-0.15, -0.1) is 11.8 Å². The van der Waals surface area contributed by atoms with Crippen molar-refractivity contribution < 1.29 is 4.79 Å². The number of carbonyl (C=O) groups is 1. The van der Waals surface area contributed by atoms with Gasteiger partial charge in [0.15, 0.2) is 0 Å². The Balaban J connectivity index is 1.23. The molecule has 5 aromatic carbocycles. The van der Waals surface area contributed by atoms with E-state index in [0.29, 0.717) is 0 Å². The van der Waals surface area contributed by atoms with Crippen LogP contribution in [-0.4, -0.2) is 42.2 Å². The second-order valence-corrected chi connectivity index (χ2v) is 11.7. The fourth-order valence-electron chi connectivity index (χ4n) is 5.91. The average molecular weight is 543 g/mol. The first-order chi connectivity index (χ1) is 19.8. The lowest BCUT2D eigenvalue weighted by Crippen LogP contribution is -2.52. The summed E-state index contributed by atoms with van der Waals surface area (Å²) < 4.78 is -0.323. The minimum atomic E-state index is -0.323. The Labute approximate surface area is 241 Å². The van der Waals surface area contributed by atoms with Gasteiger partial charge >= 0.3 is 0 Å². The summed E-state index contributed by atoms with van der Waals surface area (Å²) in [4.78, 5) is 15.7. The molecule has 0 aliphatic carbocycles. The minimum absolute atomic E-state index is 0.128. The van der Waals surface area contributed by atoms with Gasteiger partial charge in [-0.1, -0.05) is 127 Å². The van der Waals surface area contributed by atoms with Crippen molar-refractivity contribution in [3.8, 4) is 0 Å². The van der Waals surface area contributed by atoms with Crippen LogP contribution in [0.3, 0.4) is 0 Å². The van der Waals surface area contributed by atoms with Crippen molar-refractivity contribution in [3.05, 3.63) is 156 Å². The van der Waals surface area contributed by atoms with Gasteiger partial charge in [0.05, 0.1) is 4.75 Å². The number of fused-ring (bicyclic) bond motifs is 1. The highest BCUT2D eigenvalue weighted by Crippen LogP contribution is 2.48. The van der Waals surface area contributed by atoms with Gasteiger partial charge in [-0.05, 0) is 45.7 Å². The van der Waals surface area contributed by atoms with Crippen molar-refractivity contribution in [2.24, 2.45) is 0 Å². The fourth-order valence-corrected chi connectivity index (χ4v) is 7.53. The number of hydrogen-bond acceptors (Lipinski definition) is 3. The van der Waals surface area contributed by atoms with Crippen LogP contribution in [0, 0.1) is 0 Å². The van der Waals surface area contributed by atoms with Crippen LogP contribution in [0.1, 0.15) is 33.5 Å². The molecule has 1 aliphatic rings. The molecule has 6 rings (SSSR count). The smallest absolute Gasteiger partial charge is 0.254 e. The first kappa shape index (κ1) is 26.4. The molecule has 4 heteroatoms. The molecule has 5 aromatic rings. The number of piperazine rings is 1. The molecule has 1 atom stereocenters. The summed E-state index contributed by atoms with van der Waals surface area (Å²) >= 11 is 1.99. The van der Waals surface area contributed by atoms with E-state index in [9.17, 15) is 4.79 Å². The van der Waals surface area contributed by atoms with E-state index < -0.39 is 0 Å². The lowest BCUT2D eigenvalue weighted by atomic mass is 9.84. The van der Waals surface area contributed by atoms with Crippen LogP contribution in [0.5, 0.6) is 0 Å². The first-order valence-corrected chi connectivity index (χ1v) is 15.1. The molecule has 3 nitrogen and oxygen atoms in total. The maximum atomic E-state index is 13.6. The van der Waals surface area contributed by atoms with E-state index in [-0.39, 0.29) is 16.7 Å². The maximum absolute atomic E-state index is 13.6. The van der Waals surface area contributed by atoms with E-state index in [2.05, 4.69) is 115 Å². The van der Waals surface area contributed by atoms with Crippen molar-refractivity contribution in [1.29, 1.82) is 0 Å². The zero-order chi connectivity index (χ0) is 27.2. The zero-order valence-electron chi connectivity index (χ0n) is 22.6. The summed E-state index contributed by atoms with van der Waals surface area (Å²) in [5.74, 6) is 1.08. The summed E-state index contributed by atoms with van der Waals surface area (Å²) in [5.41, 5.74) is 4.63. The monoisotopic (exact) mass is 542 g/mol. The van der Waals surface area contributed by atoms with Gasteiger partial charge in [-0.25, -0.2) is 0 Å². The first-order valence-electron chi connectivity index (χ1n) is 14.1. The molecular weight excluding hydrogens is 508 g/mol. The summed E-state index contributed by atoms with van der Waals surface area (Å²) in [7, 11) is 0. The van der Waals surface area contributed by atoms with Crippen molar-refractivity contribution in [1.82, 2.24) is 10.2 Å². The van der Waals surface area contributed by atoms with Crippen LogP contribution >= 0.6 is 11.8 Å². The number of thioether (sulfide) groups is 1. The number of nitrogens with one attached hydrogen (secondary N) is 1. The molecule has 0 radical (unpaired) electrons. The Hall–Kier alpha value is -3.86. The predicted octanol–water partition coefficient (Wildman–Crippen LogP) is 7.37. The zero-order valence-corrected chi connectivity index (χ0v) is 23.4. The van der Waals surface area contributed by atoms with E-state index in [1.54, 1.807) is 0 Å². The largest absolute Gasteiger partial charge is 0.336 e. The Bertz CT molecular complexity index is 1450. The Morgan fingerprint density at radius 2 is 1.27 bits per heavy atom. The second-order valence-electron chi connectivity index (χ2n) is 10.3. The van der Waals surface area contributed by atoms with E-state index >= 15 is 0 Å². The van der Waals surface area contributed by atoms with E-state index in [1.165, 1.54) is 16.7 Å². The standard InChI is InChI=1S/C36H34N2OS/c39-35(34-22-12-14-28-13-10-11-21-33(28)34)38-25-24-37-32(27-38)23-26-40-36(29-15-4-1-5-16-29,30-17-6-2-7-18-30)31-19-8-3-9-20-31/h1-22,32,37H,23-27H2/t32-/m0/s1. The highest BCUT2D eigenvalue weighted by molar-refractivity contribution is 8.00.